The minimum absolute atomic E-state index is 0.0743. The molecule has 0 aliphatic rings. The Kier molecular flexibility index (Phi) is 13.3. The highest BCUT2D eigenvalue weighted by molar-refractivity contribution is 9.10. The molecule has 0 saturated heterocycles. The summed E-state index contributed by atoms with van der Waals surface area (Å²) in [6.45, 7) is 3.03. The lowest BCUT2D eigenvalue weighted by Gasteiger charge is -2.37. The molecule has 0 aliphatic carbocycles. The highest BCUT2D eigenvalue weighted by Crippen LogP contribution is 2.43. The van der Waals surface area contributed by atoms with Crippen LogP contribution in [0.5, 0.6) is 0 Å². The molecule has 4 rings (SSSR count). The zero-order valence-corrected chi connectivity index (χ0v) is 30.3. The lowest BCUT2D eigenvalue weighted by molar-refractivity contribution is -0.184. The first-order valence-corrected chi connectivity index (χ1v) is 17.5. The third kappa shape index (κ3) is 8.73. The summed E-state index contributed by atoms with van der Waals surface area (Å²) >= 11 is 7.43. The zero-order valence-electron chi connectivity index (χ0n) is 27.8. The lowest BCUT2D eigenvalue weighted by atomic mass is 9.64. The largest absolute Gasteiger partial charge is 0.422 e. The number of rotatable bonds is 13. The number of halogens is 5. The third-order valence-corrected chi connectivity index (χ3v) is 9.32. The molecule has 12 heteroatoms. The first-order valence-electron chi connectivity index (χ1n) is 16.0. The van der Waals surface area contributed by atoms with Crippen molar-refractivity contribution in [3.05, 3.63) is 136 Å². The molecule has 0 aliphatic heterocycles. The van der Waals surface area contributed by atoms with Crippen LogP contribution in [0.25, 0.3) is 0 Å². The minimum Gasteiger partial charge on any atom is -0.384 e. The van der Waals surface area contributed by atoms with E-state index in [4.69, 9.17) is 5.73 Å². The number of benzene rings is 4. The van der Waals surface area contributed by atoms with Gasteiger partial charge in [0.1, 0.15) is 17.8 Å². The van der Waals surface area contributed by atoms with E-state index in [-0.39, 0.29) is 28.7 Å². The number of nitrogens with one attached hydrogen (secondary N) is 2. The van der Waals surface area contributed by atoms with Crippen molar-refractivity contribution < 1.29 is 32.3 Å². The Labute approximate surface area is 308 Å². The smallest absolute Gasteiger partial charge is 0.384 e. The van der Waals surface area contributed by atoms with Gasteiger partial charge in [0.2, 0.25) is 11.4 Å². The van der Waals surface area contributed by atoms with Gasteiger partial charge in [-0.25, -0.2) is 4.39 Å². The van der Waals surface area contributed by atoms with E-state index >= 15 is 0 Å². The number of nitrogens with two attached hydrogens (primary N) is 1. The van der Waals surface area contributed by atoms with Crippen molar-refractivity contribution in [3.8, 4) is 11.8 Å². The van der Waals surface area contributed by atoms with Crippen LogP contribution >= 0.6 is 28.6 Å². The molecule has 0 aromatic heterocycles. The van der Waals surface area contributed by atoms with Gasteiger partial charge in [-0.2, -0.15) is 25.8 Å². The van der Waals surface area contributed by atoms with Gasteiger partial charge in [-0.1, -0.05) is 108 Å². The monoisotopic (exact) mass is 783 g/mol. The molecule has 1 unspecified atom stereocenters. The Balaban J connectivity index is 1.83. The van der Waals surface area contributed by atoms with Crippen LogP contribution in [-0.4, -0.2) is 47.4 Å². The van der Waals surface area contributed by atoms with Crippen molar-refractivity contribution in [2.75, 3.05) is 17.7 Å². The van der Waals surface area contributed by atoms with E-state index in [0.29, 0.717) is 27.6 Å². The number of aliphatic hydroxyl groups is 1. The quantitative estimate of drug-likeness (QED) is 0.0430. The molecule has 0 fully saturated rings. The van der Waals surface area contributed by atoms with Gasteiger partial charge in [0.05, 0.1) is 12.1 Å². The van der Waals surface area contributed by atoms with Crippen LogP contribution in [0.1, 0.15) is 42.5 Å². The maximum Gasteiger partial charge on any atom is 0.422 e. The second-order valence-electron chi connectivity index (χ2n) is 12.4. The molecule has 0 spiro atoms. The summed E-state index contributed by atoms with van der Waals surface area (Å²) in [7, 11) is 0. The molecule has 268 valence electrons. The molecule has 4 aromatic rings. The van der Waals surface area contributed by atoms with Crippen molar-refractivity contribution in [3.63, 3.8) is 0 Å². The molecular weight excluding hydrogens is 746 g/mol. The van der Waals surface area contributed by atoms with E-state index in [1.54, 1.807) is 48.5 Å². The SMILES string of the molecule is CC(C)C[C@H](N)C(=O)C(c1ccccc1)(c1ccc(F)cc1)c1cccc(NC(=O)[C@H](CS)N[C@@](C#CCO)(c2ccc(Br)cc2)C(F)(F)F)c1. The van der Waals surface area contributed by atoms with Gasteiger partial charge in [-0.15, -0.1) is 0 Å². The van der Waals surface area contributed by atoms with Crippen molar-refractivity contribution in [1.82, 2.24) is 5.32 Å². The number of hydrogen-bond acceptors (Lipinski definition) is 6. The van der Waals surface area contributed by atoms with Gasteiger partial charge < -0.3 is 16.2 Å². The Morgan fingerprint density at radius 2 is 1.47 bits per heavy atom. The number of carbonyl (C=O) groups is 2. The first-order chi connectivity index (χ1) is 24.2. The summed E-state index contributed by atoms with van der Waals surface area (Å²) in [6, 6.07) is 23.5. The normalized spacial score (nSPS) is 15.1. The van der Waals surface area contributed by atoms with E-state index in [2.05, 4.69) is 51.0 Å². The van der Waals surface area contributed by atoms with Crippen molar-refractivity contribution in [1.29, 1.82) is 0 Å². The van der Waals surface area contributed by atoms with Crippen LogP contribution in [0.4, 0.5) is 23.2 Å². The predicted octanol–water partition coefficient (Wildman–Crippen LogP) is 7.15. The molecule has 5 N–H and O–H groups in total. The van der Waals surface area contributed by atoms with E-state index in [1.807, 2.05) is 13.8 Å². The van der Waals surface area contributed by atoms with Crippen LogP contribution in [0.2, 0.25) is 0 Å². The number of anilines is 1. The Hall–Kier alpha value is -3.99. The molecule has 0 bridgehead atoms. The van der Waals surface area contributed by atoms with Crippen molar-refractivity contribution >= 4 is 45.9 Å². The van der Waals surface area contributed by atoms with Crippen LogP contribution < -0.4 is 16.4 Å². The van der Waals surface area contributed by atoms with E-state index < -0.39 is 47.5 Å². The molecule has 1 amide bonds. The number of ketones is 1. The molecule has 6 nitrogen and oxygen atoms in total. The molecule has 0 saturated carbocycles. The second-order valence-corrected chi connectivity index (χ2v) is 13.7. The number of carbonyl (C=O) groups excluding carboxylic acids is 2. The van der Waals surface area contributed by atoms with Gasteiger partial charge in [-0.3, -0.25) is 14.9 Å². The van der Waals surface area contributed by atoms with Gasteiger partial charge in [-0.05, 0) is 71.0 Å². The van der Waals surface area contributed by atoms with Gasteiger partial charge >= 0.3 is 6.18 Å². The number of amides is 1. The Morgan fingerprint density at radius 3 is 2.04 bits per heavy atom. The summed E-state index contributed by atoms with van der Waals surface area (Å²) < 4.78 is 59.6. The second kappa shape index (κ2) is 17.0. The molecular formula is C39H38BrF4N3O3S. The summed E-state index contributed by atoms with van der Waals surface area (Å²) in [5.41, 5.74) is 3.21. The highest BCUT2D eigenvalue weighted by Gasteiger charge is 2.57. The van der Waals surface area contributed by atoms with Crippen LogP contribution in [0.3, 0.4) is 0 Å². The summed E-state index contributed by atoms with van der Waals surface area (Å²) in [5.74, 6) is 2.18. The van der Waals surface area contributed by atoms with Crippen molar-refractivity contribution in [2.45, 2.75) is 49.5 Å². The van der Waals surface area contributed by atoms with E-state index in [9.17, 15) is 32.3 Å². The molecule has 0 heterocycles. The molecule has 0 radical (unpaired) electrons. The van der Waals surface area contributed by atoms with E-state index in [1.165, 1.54) is 54.6 Å². The third-order valence-electron chi connectivity index (χ3n) is 8.43. The van der Waals surface area contributed by atoms with Crippen LogP contribution in [-0.2, 0) is 20.5 Å². The fourth-order valence-corrected chi connectivity index (χ4v) is 6.62. The van der Waals surface area contributed by atoms with Gasteiger partial charge in [0, 0.05) is 15.9 Å². The summed E-state index contributed by atoms with van der Waals surface area (Å²) in [6.07, 6.45) is -4.68. The molecule has 4 aromatic carbocycles. The fourth-order valence-electron chi connectivity index (χ4n) is 6.10. The maximum atomic E-state index is 14.9. The van der Waals surface area contributed by atoms with Crippen LogP contribution in [0, 0.1) is 23.6 Å². The first kappa shape index (κ1) is 39.8. The highest BCUT2D eigenvalue weighted by atomic mass is 79.9. The summed E-state index contributed by atoms with van der Waals surface area (Å²) in [5, 5.41) is 14.4. The number of hydrogen-bond donors (Lipinski definition) is 5. The van der Waals surface area contributed by atoms with Crippen LogP contribution in [0.15, 0.2) is 108 Å². The lowest BCUT2D eigenvalue weighted by Crippen LogP contribution is -2.60. The van der Waals surface area contributed by atoms with Crippen molar-refractivity contribution in [2.24, 2.45) is 11.7 Å². The molecule has 4 atom stereocenters. The Bertz CT molecular complexity index is 1870. The maximum absolute atomic E-state index is 14.9. The van der Waals surface area contributed by atoms with E-state index in [0.717, 1.165) is 0 Å². The number of thiol groups is 1. The average Bonchev–Trinajstić information content (AvgIpc) is 3.09. The summed E-state index contributed by atoms with van der Waals surface area (Å²) in [4.78, 5) is 28.5. The minimum atomic E-state index is -5.04. The number of Topliss-reactive ketones (excluding diaryl/α,β-unsaturated/α-hetero) is 1. The average molecular weight is 785 g/mol. The van der Waals surface area contributed by atoms with Gasteiger partial charge in [0.15, 0.2) is 5.78 Å². The fraction of sp³-hybridized carbons (Fsp3) is 0.282. The predicted molar refractivity (Wildman–Crippen MR) is 198 cm³/mol. The number of alkyl halides is 3. The zero-order chi connectivity index (χ0) is 37.4. The number of aliphatic hydroxyl groups excluding tert-OH is 1. The molecule has 51 heavy (non-hydrogen) atoms. The Morgan fingerprint density at radius 1 is 0.882 bits per heavy atom. The standard InChI is InChI=1S/C39H38BrF4N3O3S/c1-25(2)22-33(45)35(49)38(27-8-4-3-5-9-27,28-14-18-31(41)19-15-28)29-10-6-11-32(23-29)46-36(50)34(24-51)47-37(20-7-21-48,39(42,43)44)26-12-16-30(40)17-13-26/h3-6,8-19,23,25,33-34,47-48,51H,21-22,24,45H2,1-2H3,(H,46,50)/t33-,34-,37-,38?/m0/s1. The topological polar surface area (TPSA) is 104 Å². The van der Waals surface area contributed by atoms with Gasteiger partial charge in [0.25, 0.3) is 0 Å².